The van der Waals surface area contributed by atoms with Crippen molar-refractivity contribution in [2.24, 2.45) is 5.73 Å². The minimum atomic E-state index is -0.677. The molecule has 0 aliphatic carbocycles. The molecule has 0 amide bonds. The fourth-order valence-corrected chi connectivity index (χ4v) is 1.91. The van der Waals surface area contributed by atoms with Crippen molar-refractivity contribution in [3.05, 3.63) is 29.8 Å². The van der Waals surface area contributed by atoms with Crippen molar-refractivity contribution in [3.8, 4) is 5.75 Å². The van der Waals surface area contributed by atoms with Gasteiger partial charge in [0.1, 0.15) is 11.9 Å². The summed E-state index contributed by atoms with van der Waals surface area (Å²) in [5.74, 6) is 0.175. The highest BCUT2D eigenvalue weighted by atomic mass is 16.7. The second kappa shape index (κ2) is 5.04. The van der Waals surface area contributed by atoms with Crippen LogP contribution in [0.3, 0.4) is 0 Å². The van der Waals surface area contributed by atoms with E-state index in [0.717, 1.165) is 11.3 Å². The van der Waals surface area contributed by atoms with E-state index in [0.29, 0.717) is 19.8 Å². The van der Waals surface area contributed by atoms with Crippen LogP contribution >= 0.6 is 0 Å². The summed E-state index contributed by atoms with van der Waals surface area (Å²) in [5, 5.41) is 0. The van der Waals surface area contributed by atoms with Crippen LogP contribution in [0, 0.1) is 0 Å². The van der Waals surface area contributed by atoms with Crippen LogP contribution in [0.25, 0.3) is 0 Å². The Morgan fingerprint density at radius 2 is 2.24 bits per heavy atom. The van der Waals surface area contributed by atoms with Crippen LogP contribution < -0.4 is 10.5 Å². The van der Waals surface area contributed by atoms with E-state index in [1.807, 2.05) is 38.1 Å². The summed E-state index contributed by atoms with van der Waals surface area (Å²) in [7, 11) is 0. The van der Waals surface area contributed by atoms with E-state index in [4.69, 9.17) is 19.9 Å². The minimum Gasteiger partial charge on any atom is -0.493 e. The van der Waals surface area contributed by atoms with Gasteiger partial charge in [0.05, 0.1) is 13.2 Å². The molecule has 0 spiro atoms. The number of para-hydroxylation sites is 1. The predicted molar refractivity (Wildman–Crippen MR) is 64.8 cm³/mol. The monoisotopic (exact) mass is 237 g/mol. The third-order valence-electron chi connectivity index (χ3n) is 2.87. The van der Waals surface area contributed by atoms with E-state index >= 15 is 0 Å². The van der Waals surface area contributed by atoms with Crippen LogP contribution in [0.15, 0.2) is 24.3 Å². The van der Waals surface area contributed by atoms with Crippen molar-refractivity contribution >= 4 is 0 Å². The highest BCUT2D eigenvalue weighted by molar-refractivity contribution is 5.35. The molecule has 1 heterocycles. The Morgan fingerprint density at radius 1 is 1.47 bits per heavy atom. The predicted octanol–water partition coefficient (Wildman–Crippen LogP) is 1.85. The molecule has 0 saturated carbocycles. The minimum absolute atomic E-state index is 0.105. The first-order valence-corrected chi connectivity index (χ1v) is 5.92. The largest absolute Gasteiger partial charge is 0.493 e. The first-order chi connectivity index (χ1) is 8.18. The lowest BCUT2D eigenvalue weighted by atomic mass is 10.1. The molecule has 1 aliphatic rings. The molecule has 4 nitrogen and oxygen atoms in total. The van der Waals surface area contributed by atoms with Crippen LogP contribution in [0.2, 0.25) is 0 Å². The second-order valence-corrected chi connectivity index (χ2v) is 4.23. The topological polar surface area (TPSA) is 53.7 Å². The molecular weight excluding hydrogens is 218 g/mol. The molecule has 94 valence electrons. The molecule has 4 heteroatoms. The van der Waals surface area contributed by atoms with Gasteiger partial charge in [0, 0.05) is 12.1 Å². The highest BCUT2D eigenvalue weighted by Crippen LogP contribution is 2.36. The molecule has 17 heavy (non-hydrogen) atoms. The van der Waals surface area contributed by atoms with Gasteiger partial charge in [-0.3, -0.25) is 0 Å². The molecule has 2 unspecified atom stereocenters. The van der Waals surface area contributed by atoms with E-state index < -0.39 is 5.79 Å². The van der Waals surface area contributed by atoms with Crippen LogP contribution in [0.1, 0.15) is 25.5 Å². The maximum Gasteiger partial charge on any atom is 0.178 e. The van der Waals surface area contributed by atoms with Gasteiger partial charge < -0.3 is 19.9 Å². The Balaban J connectivity index is 2.18. The van der Waals surface area contributed by atoms with Gasteiger partial charge in [0.25, 0.3) is 0 Å². The molecule has 1 aromatic carbocycles. The summed E-state index contributed by atoms with van der Waals surface area (Å²) in [6.07, 6.45) is -0.105. The average Bonchev–Trinajstić information content (AvgIpc) is 2.74. The maximum absolute atomic E-state index is 5.84. The average molecular weight is 237 g/mol. The van der Waals surface area contributed by atoms with Crippen molar-refractivity contribution in [2.75, 3.05) is 19.8 Å². The Kier molecular flexibility index (Phi) is 3.66. The Bertz CT molecular complexity index is 383. The summed E-state index contributed by atoms with van der Waals surface area (Å²) in [6.45, 7) is 5.32. The molecule has 1 aromatic rings. The standard InChI is InChI=1S/C13H19NO3/c1-3-15-11-7-5-4-6-10(11)12-8-16-13(2,9-14)17-12/h4-7,12H,3,8-9,14H2,1-2H3. The number of ether oxygens (including phenoxy) is 3. The van der Waals surface area contributed by atoms with Crippen molar-refractivity contribution in [3.63, 3.8) is 0 Å². The van der Waals surface area contributed by atoms with E-state index in [2.05, 4.69) is 0 Å². The van der Waals surface area contributed by atoms with Gasteiger partial charge in [-0.15, -0.1) is 0 Å². The Labute approximate surface area is 102 Å². The van der Waals surface area contributed by atoms with Gasteiger partial charge in [-0.05, 0) is 19.9 Å². The zero-order valence-corrected chi connectivity index (χ0v) is 10.3. The van der Waals surface area contributed by atoms with Crippen LogP contribution in [-0.2, 0) is 9.47 Å². The molecule has 2 N–H and O–H groups in total. The van der Waals surface area contributed by atoms with Crippen LogP contribution in [-0.4, -0.2) is 25.5 Å². The fourth-order valence-electron chi connectivity index (χ4n) is 1.91. The van der Waals surface area contributed by atoms with E-state index in [-0.39, 0.29) is 6.10 Å². The third-order valence-corrected chi connectivity index (χ3v) is 2.87. The summed E-state index contributed by atoms with van der Waals surface area (Å²) < 4.78 is 17.0. The van der Waals surface area contributed by atoms with Crippen molar-refractivity contribution in [1.29, 1.82) is 0 Å². The van der Waals surface area contributed by atoms with Gasteiger partial charge in [-0.2, -0.15) is 0 Å². The zero-order valence-electron chi connectivity index (χ0n) is 10.3. The molecule has 2 atom stereocenters. The smallest absolute Gasteiger partial charge is 0.178 e. The molecule has 0 bridgehead atoms. The molecular formula is C13H19NO3. The molecule has 1 saturated heterocycles. The van der Waals surface area contributed by atoms with Crippen molar-refractivity contribution in [2.45, 2.75) is 25.7 Å². The fraction of sp³-hybridized carbons (Fsp3) is 0.538. The summed E-state index contributed by atoms with van der Waals surface area (Å²) in [6, 6.07) is 7.87. The lowest BCUT2D eigenvalue weighted by Crippen LogP contribution is -2.35. The lowest BCUT2D eigenvalue weighted by molar-refractivity contribution is -0.146. The van der Waals surface area contributed by atoms with Gasteiger partial charge in [-0.25, -0.2) is 0 Å². The number of nitrogens with two attached hydrogens (primary N) is 1. The number of benzene rings is 1. The van der Waals surface area contributed by atoms with E-state index in [9.17, 15) is 0 Å². The van der Waals surface area contributed by atoms with E-state index in [1.165, 1.54) is 0 Å². The summed E-state index contributed by atoms with van der Waals surface area (Å²) >= 11 is 0. The normalized spacial score (nSPS) is 28.3. The Hall–Kier alpha value is -1.10. The Morgan fingerprint density at radius 3 is 2.88 bits per heavy atom. The first kappa shape index (κ1) is 12.4. The zero-order chi connectivity index (χ0) is 12.3. The molecule has 0 radical (unpaired) electrons. The molecule has 1 fully saturated rings. The number of hydrogen-bond donors (Lipinski definition) is 1. The highest BCUT2D eigenvalue weighted by Gasteiger charge is 2.37. The summed E-state index contributed by atoms with van der Waals surface area (Å²) in [4.78, 5) is 0. The molecule has 0 aromatic heterocycles. The van der Waals surface area contributed by atoms with Crippen molar-refractivity contribution < 1.29 is 14.2 Å². The first-order valence-electron chi connectivity index (χ1n) is 5.92. The quantitative estimate of drug-likeness (QED) is 0.868. The van der Waals surface area contributed by atoms with Gasteiger partial charge in [-0.1, -0.05) is 18.2 Å². The molecule has 2 rings (SSSR count). The van der Waals surface area contributed by atoms with E-state index in [1.54, 1.807) is 0 Å². The SMILES string of the molecule is CCOc1ccccc1C1COC(C)(CN)O1. The number of hydrogen-bond acceptors (Lipinski definition) is 4. The van der Waals surface area contributed by atoms with Gasteiger partial charge in [0.15, 0.2) is 5.79 Å². The number of rotatable bonds is 4. The van der Waals surface area contributed by atoms with Crippen LogP contribution in [0.5, 0.6) is 5.75 Å². The van der Waals surface area contributed by atoms with Gasteiger partial charge in [0.2, 0.25) is 0 Å². The summed E-state index contributed by atoms with van der Waals surface area (Å²) in [5.41, 5.74) is 6.64. The van der Waals surface area contributed by atoms with Gasteiger partial charge >= 0.3 is 0 Å². The van der Waals surface area contributed by atoms with Crippen LogP contribution in [0.4, 0.5) is 0 Å². The lowest BCUT2D eigenvalue weighted by Gasteiger charge is -2.21. The molecule has 1 aliphatic heterocycles. The second-order valence-electron chi connectivity index (χ2n) is 4.23. The third kappa shape index (κ3) is 2.60. The maximum atomic E-state index is 5.84. The van der Waals surface area contributed by atoms with Crippen molar-refractivity contribution in [1.82, 2.24) is 0 Å².